The van der Waals surface area contributed by atoms with Crippen molar-refractivity contribution in [2.75, 3.05) is 0 Å². The van der Waals surface area contributed by atoms with E-state index in [0.717, 1.165) is 24.9 Å². The van der Waals surface area contributed by atoms with Gasteiger partial charge in [0.1, 0.15) is 0 Å². The number of allylic oxidation sites excluding steroid dienone is 2. The standard InChI is InChI=1S/C18H21N3O/c22-18(11-15-3-1-2-4-15)20-12-16-5-7-17(8-6-16)13-21-10-9-19-14-21/h1,3,5-10,14-15H,2,4,11-13H2,(H,20,22). The molecule has 114 valence electrons. The number of aromatic nitrogens is 2. The molecular weight excluding hydrogens is 274 g/mol. The zero-order valence-corrected chi connectivity index (χ0v) is 12.6. The lowest BCUT2D eigenvalue weighted by Gasteiger charge is -2.09. The molecule has 1 aliphatic rings. The van der Waals surface area contributed by atoms with Crippen LogP contribution in [0.15, 0.2) is 55.1 Å². The molecule has 1 unspecified atom stereocenters. The van der Waals surface area contributed by atoms with E-state index < -0.39 is 0 Å². The van der Waals surface area contributed by atoms with Crippen molar-refractivity contribution in [2.45, 2.75) is 32.4 Å². The Kier molecular flexibility index (Phi) is 4.68. The summed E-state index contributed by atoms with van der Waals surface area (Å²) in [6, 6.07) is 8.34. The molecule has 0 fully saturated rings. The van der Waals surface area contributed by atoms with Crippen molar-refractivity contribution in [1.82, 2.24) is 14.9 Å². The largest absolute Gasteiger partial charge is 0.352 e. The second kappa shape index (κ2) is 7.07. The van der Waals surface area contributed by atoms with Gasteiger partial charge < -0.3 is 9.88 Å². The number of carbonyl (C=O) groups is 1. The summed E-state index contributed by atoms with van der Waals surface area (Å²) in [5, 5.41) is 3.00. The number of amides is 1. The first kappa shape index (κ1) is 14.6. The van der Waals surface area contributed by atoms with Gasteiger partial charge in [-0.2, -0.15) is 0 Å². The SMILES string of the molecule is O=C(CC1C=CCC1)NCc1ccc(Cn2ccnc2)cc1. The molecule has 0 saturated carbocycles. The molecule has 4 heteroatoms. The number of carbonyl (C=O) groups excluding carboxylic acids is 1. The van der Waals surface area contributed by atoms with Crippen LogP contribution in [0.5, 0.6) is 0 Å². The average Bonchev–Trinajstić information content (AvgIpc) is 3.20. The number of rotatable bonds is 6. The highest BCUT2D eigenvalue weighted by Gasteiger charge is 2.13. The molecule has 1 amide bonds. The van der Waals surface area contributed by atoms with Crippen LogP contribution in [-0.4, -0.2) is 15.5 Å². The maximum Gasteiger partial charge on any atom is 0.220 e. The monoisotopic (exact) mass is 295 g/mol. The molecule has 1 N–H and O–H groups in total. The highest BCUT2D eigenvalue weighted by molar-refractivity contribution is 5.76. The van der Waals surface area contributed by atoms with Gasteiger partial charge in [-0.05, 0) is 29.9 Å². The topological polar surface area (TPSA) is 46.9 Å². The summed E-state index contributed by atoms with van der Waals surface area (Å²) in [5.41, 5.74) is 2.36. The van der Waals surface area contributed by atoms with Gasteiger partial charge in [0.25, 0.3) is 0 Å². The Bertz CT molecular complexity index is 629. The normalized spacial score (nSPS) is 16.8. The number of nitrogens with zero attached hydrogens (tertiary/aromatic N) is 2. The van der Waals surface area contributed by atoms with E-state index in [4.69, 9.17) is 0 Å². The Balaban J connectivity index is 1.46. The summed E-state index contributed by atoms with van der Waals surface area (Å²) < 4.78 is 2.03. The first-order valence-corrected chi connectivity index (χ1v) is 7.76. The van der Waals surface area contributed by atoms with Gasteiger partial charge in [-0.1, -0.05) is 36.4 Å². The van der Waals surface area contributed by atoms with Crippen molar-refractivity contribution in [2.24, 2.45) is 5.92 Å². The second-order valence-electron chi connectivity index (χ2n) is 5.80. The zero-order chi connectivity index (χ0) is 15.2. The Hall–Kier alpha value is -2.36. The van der Waals surface area contributed by atoms with Gasteiger partial charge in [0.15, 0.2) is 0 Å². The average molecular weight is 295 g/mol. The van der Waals surface area contributed by atoms with Gasteiger partial charge in [0, 0.05) is 31.9 Å². The summed E-state index contributed by atoms with van der Waals surface area (Å²) in [6.07, 6.45) is 12.7. The van der Waals surface area contributed by atoms with Crippen LogP contribution in [0.2, 0.25) is 0 Å². The third-order valence-electron chi connectivity index (χ3n) is 4.00. The summed E-state index contributed by atoms with van der Waals surface area (Å²) in [7, 11) is 0. The third kappa shape index (κ3) is 4.07. The molecule has 1 atom stereocenters. The number of benzene rings is 1. The van der Waals surface area contributed by atoms with Crippen molar-refractivity contribution >= 4 is 5.91 Å². The van der Waals surface area contributed by atoms with Gasteiger partial charge in [-0.3, -0.25) is 4.79 Å². The number of hydrogen-bond acceptors (Lipinski definition) is 2. The molecule has 0 aliphatic heterocycles. The molecule has 3 rings (SSSR count). The van der Waals surface area contributed by atoms with Crippen molar-refractivity contribution in [3.63, 3.8) is 0 Å². The predicted molar refractivity (Wildman–Crippen MR) is 86.1 cm³/mol. The molecule has 0 bridgehead atoms. The highest BCUT2D eigenvalue weighted by Crippen LogP contribution is 2.20. The summed E-state index contributed by atoms with van der Waals surface area (Å²) in [4.78, 5) is 15.9. The Morgan fingerprint density at radius 2 is 2.09 bits per heavy atom. The first-order valence-electron chi connectivity index (χ1n) is 7.76. The van der Waals surface area contributed by atoms with E-state index in [0.29, 0.717) is 18.9 Å². The van der Waals surface area contributed by atoms with Crippen LogP contribution in [0.25, 0.3) is 0 Å². The molecule has 1 aromatic heterocycles. The van der Waals surface area contributed by atoms with Crippen LogP contribution < -0.4 is 5.32 Å². The zero-order valence-electron chi connectivity index (χ0n) is 12.6. The van der Waals surface area contributed by atoms with Crippen LogP contribution in [0.1, 0.15) is 30.4 Å². The van der Waals surface area contributed by atoms with E-state index in [1.54, 1.807) is 6.20 Å². The Morgan fingerprint density at radius 3 is 2.77 bits per heavy atom. The van der Waals surface area contributed by atoms with E-state index in [2.05, 4.69) is 46.7 Å². The van der Waals surface area contributed by atoms with Crippen LogP contribution in [0, 0.1) is 5.92 Å². The van der Waals surface area contributed by atoms with Crippen LogP contribution in [-0.2, 0) is 17.9 Å². The lowest BCUT2D eigenvalue weighted by molar-refractivity contribution is -0.121. The van der Waals surface area contributed by atoms with E-state index >= 15 is 0 Å². The van der Waals surface area contributed by atoms with Crippen molar-refractivity contribution in [3.05, 3.63) is 66.3 Å². The molecule has 2 aromatic rings. The molecule has 22 heavy (non-hydrogen) atoms. The maximum atomic E-state index is 11.9. The van der Waals surface area contributed by atoms with E-state index in [1.807, 2.05) is 17.1 Å². The van der Waals surface area contributed by atoms with Gasteiger partial charge in [-0.25, -0.2) is 4.98 Å². The first-order chi connectivity index (χ1) is 10.8. The smallest absolute Gasteiger partial charge is 0.220 e. The number of nitrogens with one attached hydrogen (secondary N) is 1. The lowest BCUT2D eigenvalue weighted by atomic mass is 10.0. The van der Waals surface area contributed by atoms with E-state index in [1.165, 1.54) is 5.56 Å². The summed E-state index contributed by atoms with van der Waals surface area (Å²) in [6.45, 7) is 1.42. The van der Waals surface area contributed by atoms with Crippen LogP contribution in [0.4, 0.5) is 0 Å². The summed E-state index contributed by atoms with van der Waals surface area (Å²) >= 11 is 0. The van der Waals surface area contributed by atoms with E-state index in [-0.39, 0.29) is 5.91 Å². The molecule has 4 nitrogen and oxygen atoms in total. The minimum Gasteiger partial charge on any atom is -0.352 e. The fourth-order valence-corrected chi connectivity index (χ4v) is 2.73. The Morgan fingerprint density at radius 1 is 1.27 bits per heavy atom. The van der Waals surface area contributed by atoms with Crippen LogP contribution >= 0.6 is 0 Å². The maximum absolute atomic E-state index is 11.9. The molecule has 1 aliphatic carbocycles. The molecule has 0 saturated heterocycles. The van der Waals surface area contributed by atoms with Crippen molar-refractivity contribution in [3.8, 4) is 0 Å². The van der Waals surface area contributed by atoms with Crippen LogP contribution in [0.3, 0.4) is 0 Å². The Labute approximate surface area is 130 Å². The minimum atomic E-state index is 0.138. The number of hydrogen-bond donors (Lipinski definition) is 1. The lowest BCUT2D eigenvalue weighted by Crippen LogP contribution is -2.24. The number of imidazole rings is 1. The molecular formula is C18H21N3O. The molecule has 0 radical (unpaired) electrons. The highest BCUT2D eigenvalue weighted by atomic mass is 16.1. The van der Waals surface area contributed by atoms with Crippen molar-refractivity contribution < 1.29 is 4.79 Å². The summed E-state index contributed by atoms with van der Waals surface area (Å²) in [5.74, 6) is 0.566. The molecule has 1 heterocycles. The van der Waals surface area contributed by atoms with Crippen molar-refractivity contribution in [1.29, 1.82) is 0 Å². The fourth-order valence-electron chi connectivity index (χ4n) is 2.73. The van der Waals surface area contributed by atoms with E-state index in [9.17, 15) is 4.79 Å². The third-order valence-corrected chi connectivity index (χ3v) is 4.00. The van der Waals surface area contributed by atoms with Gasteiger partial charge in [0.2, 0.25) is 5.91 Å². The predicted octanol–water partition coefficient (Wildman–Crippen LogP) is 2.90. The van der Waals surface area contributed by atoms with Gasteiger partial charge in [-0.15, -0.1) is 0 Å². The molecule has 1 aromatic carbocycles. The minimum absolute atomic E-state index is 0.138. The molecule has 0 spiro atoms. The van der Waals surface area contributed by atoms with Gasteiger partial charge >= 0.3 is 0 Å². The fraction of sp³-hybridized carbons (Fsp3) is 0.333. The second-order valence-corrected chi connectivity index (χ2v) is 5.80. The van der Waals surface area contributed by atoms with Gasteiger partial charge in [0.05, 0.1) is 6.33 Å². The quantitative estimate of drug-likeness (QED) is 0.833.